The number of hydrogen-bond acceptors (Lipinski definition) is 1. The van der Waals surface area contributed by atoms with Crippen LogP contribution in [0.5, 0.6) is 0 Å². The molecule has 14 heavy (non-hydrogen) atoms. The number of carbonyl (C=O) groups is 1. The van der Waals surface area contributed by atoms with Crippen molar-refractivity contribution in [2.75, 3.05) is 6.54 Å². The van der Waals surface area contributed by atoms with Gasteiger partial charge in [0.1, 0.15) is 0 Å². The highest BCUT2D eigenvalue weighted by atomic mass is 79.9. The van der Waals surface area contributed by atoms with Gasteiger partial charge in [0, 0.05) is 17.3 Å². The van der Waals surface area contributed by atoms with Crippen LogP contribution >= 0.6 is 15.9 Å². The molecule has 0 aromatic rings. The van der Waals surface area contributed by atoms with E-state index in [1.54, 1.807) is 0 Å². The SMILES string of the molecule is CCC(Br)CNC(=O)C1CCCCC1. The van der Waals surface area contributed by atoms with Gasteiger partial charge in [-0.05, 0) is 19.3 Å². The quantitative estimate of drug-likeness (QED) is 0.775. The number of halogens is 1. The van der Waals surface area contributed by atoms with E-state index < -0.39 is 0 Å². The van der Waals surface area contributed by atoms with E-state index in [2.05, 4.69) is 28.2 Å². The van der Waals surface area contributed by atoms with Gasteiger partial charge in [0.2, 0.25) is 5.91 Å². The third-order valence-corrected chi connectivity index (χ3v) is 3.89. The molecule has 0 bridgehead atoms. The second-order valence-electron chi connectivity index (χ2n) is 4.09. The zero-order chi connectivity index (χ0) is 10.4. The Morgan fingerprint density at radius 3 is 2.64 bits per heavy atom. The molecule has 1 amide bonds. The molecule has 0 heterocycles. The predicted octanol–water partition coefficient (Wildman–Crippen LogP) is 2.86. The summed E-state index contributed by atoms with van der Waals surface area (Å²) < 4.78 is 0. The second-order valence-corrected chi connectivity index (χ2v) is 5.38. The van der Waals surface area contributed by atoms with Crippen molar-refractivity contribution in [2.45, 2.75) is 50.3 Å². The molecular formula is C11H20BrNO. The van der Waals surface area contributed by atoms with Crippen LogP contribution in [0.25, 0.3) is 0 Å². The van der Waals surface area contributed by atoms with Crippen LogP contribution in [0.4, 0.5) is 0 Å². The Bertz CT molecular complexity index is 178. The summed E-state index contributed by atoms with van der Waals surface area (Å²) in [4.78, 5) is 12.1. The van der Waals surface area contributed by atoms with E-state index in [9.17, 15) is 4.79 Å². The van der Waals surface area contributed by atoms with Crippen LogP contribution < -0.4 is 5.32 Å². The first-order valence-corrected chi connectivity index (χ1v) is 6.57. The third-order valence-electron chi connectivity index (χ3n) is 2.92. The van der Waals surface area contributed by atoms with E-state index in [0.717, 1.165) is 25.8 Å². The van der Waals surface area contributed by atoms with Crippen molar-refractivity contribution >= 4 is 21.8 Å². The summed E-state index contributed by atoms with van der Waals surface area (Å²) in [7, 11) is 0. The van der Waals surface area contributed by atoms with E-state index in [1.807, 2.05) is 0 Å². The van der Waals surface area contributed by atoms with Crippen molar-refractivity contribution in [3.8, 4) is 0 Å². The van der Waals surface area contributed by atoms with Gasteiger partial charge >= 0.3 is 0 Å². The van der Waals surface area contributed by atoms with Crippen molar-refractivity contribution < 1.29 is 4.79 Å². The van der Waals surface area contributed by atoms with Gasteiger partial charge in [-0.3, -0.25) is 4.79 Å². The van der Waals surface area contributed by atoms with Crippen LogP contribution in [-0.2, 0) is 4.79 Å². The largest absolute Gasteiger partial charge is 0.355 e. The fraction of sp³-hybridized carbons (Fsp3) is 0.909. The minimum atomic E-state index is 0.266. The van der Waals surface area contributed by atoms with Crippen molar-refractivity contribution in [1.82, 2.24) is 5.32 Å². The topological polar surface area (TPSA) is 29.1 Å². The van der Waals surface area contributed by atoms with Crippen LogP contribution in [0.15, 0.2) is 0 Å². The highest BCUT2D eigenvalue weighted by Crippen LogP contribution is 2.23. The summed E-state index contributed by atoms with van der Waals surface area (Å²) in [6.45, 7) is 2.89. The first-order chi connectivity index (χ1) is 6.74. The average Bonchev–Trinajstić information content (AvgIpc) is 2.26. The fourth-order valence-corrected chi connectivity index (χ4v) is 2.03. The molecule has 0 radical (unpaired) electrons. The fourth-order valence-electron chi connectivity index (χ4n) is 1.86. The molecule has 1 rings (SSSR count). The summed E-state index contributed by atoms with van der Waals surface area (Å²) in [5, 5.41) is 3.02. The number of carbonyl (C=O) groups excluding carboxylic acids is 1. The van der Waals surface area contributed by atoms with Gasteiger partial charge in [-0.25, -0.2) is 0 Å². The lowest BCUT2D eigenvalue weighted by atomic mass is 9.89. The molecule has 1 N–H and O–H groups in total. The standard InChI is InChI=1S/C11H20BrNO/c1-2-10(12)8-13-11(14)9-6-4-3-5-7-9/h9-10H,2-8H2,1H3,(H,13,14). The molecule has 1 saturated carbocycles. The summed E-state index contributed by atoms with van der Waals surface area (Å²) in [6, 6.07) is 0. The summed E-state index contributed by atoms with van der Waals surface area (Å²) in [6.07, 6.45) is 6.99. The van der Waals surface area contributed by atoms with Crippen LogP contribution in [0, 0.1) is 5.92 Å². The molecule has 3 heteroatoms. The smallest absolute Gasteiger partial charge is 0.223 e. The van der Waals surface area contributed by atoms with Gasteiger partial charge in [-0.15, -0.1) is 0 Å². The molecule has 1 fully saturated rings. The predicted molar refractivity (Wildman–Crippen MR) is 62.6 cm³/mol. The van der Waals surface area contributed by atoms with Crippen LogP contribution in [-0.4, -0.2) is 17.3 Å². The Morgan fingerprint density at radius 1 is 1.43 bits per heavy atom. The molecule has 0 spiro atoms. The van der Waals surface area contributed by atoms with Crippen LogP contribution in [0.2, 0.25) is 0 Å². The maximum absolute atomic E-state index is 11.7. The normalized spacial score (nSPS) is 20.4. The highest BCUT2D eigenvalue weighted by molar-refractivity contribution is 9.09. The lowest BCUT2D eigenvalue weighted by Crippen LogP contribution is -2.35. The zero-order valence-electron chi connectivity index (χ0n) is 8.89. The highest BCUT2D eigenvalue weighted by Gasteiger charge is 2.20. The van der Waals surface area contributed by atoms with Crippen molar-refractivity contribution in [1.29, 1.82) is 0 Å². The summed E-state index contributed by atoms with van der Waals surface area (Å²) in [5.41, 5.74) is 0. The number of hydrogen-bond donors (Lipinski definition) is 1. The van der Waals surface area contributed by atoms with Crippen LogP contribution in [0.3, 0.4) is 0 Å². The molecule has 1 aliphatic carbocycles. The van der Waals surface area contributed by atoms with Crippen molar-refractivity contribution in [3.63, 3.8) is 0 Å². The molecule has 0 aliphatic heterocycles. The Morgan fingerprint density at radius 2 is 2.07 bits per heavy atom. The van der Waals surface area contributed by atoms with E-state index in [-0.39, 0.29) is 5.91 Å². The number of nitrogens with one attached hydrogen (secondary N) is 1. The van der Waals surface area contributed by atoms with Gasteiger partial charge in [-0.1, -0.05) is 42.1 Å². The Labute approximate surface area is 95.0 Å². The van der Waals surface area contributed by atoms with E-state index >= 15 is 0 Å². The minimum Gasteiger partial charge on any atom is -0.355 e. The molecule has 0 aromatic carbocycles. The Balaban J connectivity index is 2.19. The summed E-state index contributed by atoms with van der Waals surface area (Å²) in [5.74, 6) is 0.558. The Kier molecular flexibility index (Phi) is 5.53. The van der Waals surface area contributed by atoms with Gasteiger partial charge in [-0.2, -0.15) is 0 Å². The first kappa shape index (κ1) is 12.0. The number of amides is 1. The van der Waals surface area contributed by atoms with Gasteiger partial charge in [0.05, 0.1) is 0 Å². The molecule has 2 nitrogen and oxygen atoms in total. The zero-order valence-corrected chi connectivity index (χ0v) is 10.5. The van der Waals surface area contributed by atoms with E-state index in [4.69, 9.17) is 0 Å². The number of alkyl halides is 1. The average molecular weight is 262 g/mol. The number of rotatable bonds is 4. The van der Waals surface area contributed by atoms with Gasteiger partial charge in [0.15, 0.2) is 0 Å². The molecule has 0 saturated heterocycles. The van der Waals surface area contributed by atoms with Gasteiger partial charge < -0.3 is 5.32 Å². The lowest BCUT2D eigenvalue weighted by molar-refractivity contribution is -0.125. The Hall–Kier alpha value is -0.0500. The molecular weight excluding hydrogens is 242 g/mol. The van der Waals surface area contributed by atoms with E-state index in [1.165, 1.54) is 19.3 Å². The third kappa shape index (κ3) is 3.99. The monoisotopic (exact) mass is 261 g/mol. The molecule has 1 aliphatic rings. The molecule has 1 atom stereocenters. The van der Waals surface area contributed by atoms with Crippen LogP contribution in [0.1, 0.15) is 45.4 Å². The van der Waals surface area contributed by atoms with Gasteiger partial charge in [0.25, 0.3) is 0 Å². The molecule has 82 valence electrons. The van der Waals surface area contributed by atoms with E-state index in [0.29, 0.717) is 10.7 Å². The molecule has 1 unspecified atom stereocenters. The lowest BCUT2D eigenvalue weighted by Gasteiger charge is -2.21. The first-order valence-electron chi connectivity index (χ1n) is 5.65. The minimum absolute atomic E-state index is 0.266. The molecule has 0 aromatic heterocycles. The van der Waals surface area contributed by atoms with Crippen molar-refractivity contribution in [3.05, 3.63) is 0 Å². The maximum Gasteiger partial charge on any atom is 0.223 e. The second kappa shape index (κ2) is 6.44. The maximum atomic E-state index is 11.7. The van der Waals surface area contributed by atoms with Crippen molar-refractivity contribution in [2.24, 2.45) is 5.92 Å². The summed E-state index contributed by atoms with van der Waals surface area (Å²) >= 11 is 3.51.